The molecule has 5 rings (SSSR count). The maximum atomic E-state index is 13.7. The van der Waals surface area contributed by atoms with E-state index in [0.29, 0.717) is 29.2 Å². The molecule has 3 aromatic carbocycles. The molecule has 39 heavy (non-hydrogen) atoms. The van der Waals surface area contributed by atoms with Crippen LogP contribution in [0.4, 0.5) is 11.4 Å². The van der Waals surface area contributed by atoms with E-state index in [4.69, 9.17) is 4.74 Å². The summed E-state index contributed by atoms with van der Waals surface area (Å²) in [4.78, 5) is 30.5. The van der Waals surface area contributed by atoms with Crippen LogP contribution in [0.3, 0.4) is 0 Å². The summed E-state index contributed by atoms with van der Waals surface area (Å²) in [6.45, 7) is 4.33. The molecule has 0 aliphatic carbocycles. The lowest BCUT2D eigenvalue weighted by molar-refractivity contribution is 0.0951. The van der Waals surface area contributed by atoms with Gasteiger partial charge in [-0.05, 0) is 79.1 Å². The molecular weight excluding hydrogens is 490 g/mol. The van der Waals surface area contributed by atoms with Crippen LogP contribution in [0.5, 0.6) is 11.5 Å². The zero-order valence-electron chi connectivity index (χ0n) is 21.6. The Balaban J connectivity index is 1.48. The number of pyridine rings is 1. The minimum Gasteiger partial charge on any atom is -0.453 e. The fraction of sp³-hybridized carbons (Fsp3) is 0.0968. The molecule has 1 amide bonds. The number of para-hydroxylation sites is 1. The molecule has 2 N–H and O–H groups in total. The Morgan fingerprint density at radius 2 is 1.67 bits per heavy atom. The Morgan fingerprint density at radius 1 is 0.897 bits per heavy atom. The van der Waals surface area contributed by atoms with Gasteiger partial charge in [-0.3, -0.25) is 14.6 Å². The van der Waals surface area contributed by atoms with Gasteiger partial charge in [-0.15, -0.1) is 0 Å². The molecule has 0 atom stereocenters. The van der Waals surface area contributed by atoms with Crippen molar-refractivity contribution in [3.05, 3.63) is 136 Å². The van der Waals surface area contributed by atoms with Crippen LogP contribution >= 0.6 is 0 Å². The molecule has 0 fully saturated rings. The maximum absolute atomic E-state index is 13.7. The number of aryl methyl sites for hydroxylation is 1. The number of hydrogen-bond donors (Lipinski definition) is 2. The predicted molar refractivity (Wildman–Crippen MR) is 151 cm³/mol. The highest BCUT2D eigenvalue weighted by Gasteiger charge is 2.17. The number of hydrogen-bond acceptors (Lipinski definition) is 6. The molecule has 0 bridgehead atoms. The molecule has 2 aromatic heterocycles. The summed E-state index contributed by atoms with van der Waals surface area (Å²) in [6, 6.07) is 25.5. The van der Waals surface area contributed by atoms with Crippen LogP contribution < -0.4 is 20.9 Å². The molecule has 5 aromatic rings. The minimum atomic E-state index is -0.392. The summed E-state index contributed by atoms with van der Waals surface area (Å²) in [7, 11) is 0. The number of carbonyl (C=O) groups excluding carboxylic acids is 1. The number of nitrogens with one attached hydrogen (secondary N) is 2. The Morgan fingerprint density at radius 3 is 2.46 bits per heavy atom. The molecular formula is C31H27N5O3. The fourth-order valence-electron chi connectivity index (χ4n) is 4.00. The van der Waals surface area contributed by atoms with Crippen LogP contribution in [0.2, 0.25) is 0 Å². The van der Waals surface area contributed by atoms with E-state index in [1.807, 2.05) is 62.4 Å². The standard InChI is InChI=1S/C31H27N5O3/c1-21-8-6-13-27(22(21)2)39-28-20-34-36(26-11-4-3-5-12-26)31(38)29(28)35-25-10-7-9-24(18-25)30(37)33-19-23-14-16-32-17-15-23/h3-18,20,35H,19H2,1-2H3,(H,33,37). The van der Waals surface area contributed by atoms with Crippen LogP contribution in [0.25, 0.3) is 5.69 Å². The third-order valence-corrected chi connectivity index (χ3v) is 6.32. The third-order valence-electron chi connectivity index (χ3n) is 6.32. The number of ether oxygens (including phenoxy) is 1. The molecule has 0 saturated carbocycles. The van der Waals surface area contributed by atoms with E-state index >= 15 is 0 Å². The molecule has 0 saturated heterocycles. The minimum absolute atomic E-state index is 0.198. The number of amides is 1. The lowest BCUT2D eigenvalue weighted by Crippen LogP contribution is -2.24. The van der Waals surface area contributed by atoms with E-state index < -0.39 is 5.56 Å². The highest BCUT2D eigenvalue weighted by atomic mass is 16.5. The first-order valence-corrected chi connectivity index (χ1v) is 12.5. The molecule has 0 spiro atoms. The highest BCUT2D eigenvalue weighted by Crippen LogP contribution is 2.31. The number of aromatic nitrogens is 3. The van der Waals surface area contributed by atoms with Crippen molar-refractivity contribution in [2.24, 2.45) is 0 Å². The largest absolute Gasteiger partial charge is 0.453 e. The molecule has 0 radical (unpaired) electrons. The van der Waals surface area contributed by atoms with Crippen LogP contribution in [-0.4, -0.2) is 20.7 Å². The van der Waals surface area contributed by atoms with Crippen LogP contribution in [0.15, 0.2) is 108 Å². The lowest BCUT2D eigenvalue weighted by Gasteiger charge is -2.16. The van der Waals surface area contributed by atoms with Gasteiger partial charge in [0.25, 0.3) is 11.5 Å². The Bertz CT molecular complexity index is 1670. The van der Waals surface area contributed by atoms with E-state index in [1.165, 1.54) is 10.9 Å². The Kier molecular flexibility index (Phi) is 7.45. The SMILES string of the molecule is Cc1cccc(Oc2cnn(-c3ccccc3)c(=O)c2Nc2cccc(C(=O)NCc3ccncc3)c2)c1C. The number of nitrogens with zero attached hydrogens (tertiary/aromatic N) is 3. The lowest BCUT2D eigenvalue weighted by atomic mass is 10.1. The molecule has 0 aliphatic rings. The molecule has 8 heteroatoms. The Hall–Kier alpha value is -5.24. The van der Waals surface area contributed by atoms with Gasteiger partial charge < -0.3 is 15.4 Å². The van der Waals surface area contributed by atoms with Gasteiger partial charge >= 0.3 is 0 Å². The van der Waals surface area contributed by atoms with Crippen molar-refractivity contribution in [2.45, 2.75) is 20.4 Å². The average molecular weight is 518 g/mol. The Labute approximate surface area is 225 Å². The second-order valence-corrected chi connectivity index (χ2v) is 8.98. The van der Waals surface area contributed by atoms with Gasteiger partial charge in [-0.1, -0.05) is 36.4 Å². The van der Waals surface area contributed by atoms with E-state index in [1.54, 1.807) is 48.8 Å². The summed E-state index contributed by atoms with van der Waals surface area (Å²) in [5.41, 5.74) is 4.40. The number of carbonyl (C=O) groups is 1. The summed E-state index contributed by atoms with van der Waals surface area (Å²) < 4.78 is 7.52. The van der Waals surface area contributed by atoms with Crippen molar-refractivity contribution in [3.63, 3.8) is 0 Å². The van der Waals surface area contributed by atoms with E-state index in [2.05, 4.69) is 20.7 Å². The normalized spacial score (nSPS) is 10.6. The molecule has 2 heterocycles. The van der Waals surface area contributed by atoms with Gasteiger partial charge in [0.15, 0.2) is 11.4 Å². The van der Waals surface area contributed by atoms with Gasteiger partial charge in [0, 0.05) is 30.2 Å². The van der Waals surface area contributed by atoms with Crippen molar-refractivity contribution in [2.75, 3.05) is 5.32 Å². The van der Waals surface area contributed by atoms with Gasteiger partial charge in [0.05, 0.1) is 11.9 Å². The summed E-state index contributed by atoms with van der Waals surface area (Å²) in [5.74, 6) is 0.660. The molecule has 194 valence electrons. The topological polar surface area (TPSA) is 98.1 Å². The van der Waals surface area contributed by atoms with Crippen LogP contribution in [0.1, 0.15) is 27.0 Å². The van der Waals surface area contributed by atoms with Gasteiger partial charge in [-0.25, -0.2) is 0 Å². The molecule has 0 unspecified atom stereocenters. The zero-order valence-corrected chi connectivity index (χ0v) is 21.6. The molecule has 8 nitrogen and oxygen atoms in total. The van der Waals surface area contributed by atoms with Crippen molar-refractivity contribution in [3.8, 4) is 17.2 Å². The van der Waals surface area contributed by atoms with E-state index in [0.717, 1.165) is 16.7 Å². The van der Waals surface area contributed by atoms with E-state index in [-0.39, 0.29) is 17.3 Å². The van der Waals surface area contributed by atoms with Crippen LogP contribution in [0, 0.1) is 13.8 Å². The van der Waals surface area contributed by atoms with Crippen molar-refractivity contribution in [1.82, 2.24) is 20.1 Å². The van der Waals surface area contributed by atoms with Crippen molar-refractivity contribution >= 4 is 17.3 Å². The summed E-state index contributed by atoms with van der Waals surface area (Å²) >= 11 is 0. The van der Waals surface area contributed by atoms with E-state index in [9.17, 15) is 9.59 Å². The average Bonchev–Trinajstić information content (AvgIpc) is 2.97. The third kappa shape index (κ3) is 5.86. The second kappa shape index (κ2) is 11.4. The van der Waals surface area contributed by atoms with Gasteiger partial charge in [0.1, 0.15) is 5.75 Å². The van der Waals surface area contributed by atoms with Crippen molar-refractivity contribution in [1.29, 1.82) is 0 Å². The predicted octanol–water partition coefficient (Wildman–Crippen LogP) is 5.71. The van der Waals surface area contributed by atoms with Gasteiger partial charge in [-0.2, -0.15) is 9.78 Å². The quantitative estimate of drug-likeness (QED) is 0.274. The summed E-state index contributed by atoms with van der Waals surface area (Å²) in [5, 5.41) is 10.5. The number of anilines is 2. The van der Waals surface area contributed by atoms with Crippen molar-refractivity contribution < 1.29 is 9.53 Å². The smallest absolute Gasteiger partial charge is 0.299 e. The highest BCUT2D eigenvalue weighted by molar-refractivity contribution is 5.95. The first kappa shape index (κ1) is 25.4. The zero-order chi connectivity index (χ0) is 27.2. The second-order valence-electron chi connectivity index (χ2n) is 8.98. The maximum Gasteiger partial charge on any atom is 0.299 e. The van der Waals surface area contributed by atoms with Gasteiger partial charge in [0.2, 0.25) is 0 Å². The molecule has 0 aliphatic heterocycles. The fourth-order valence-corrected chi connectivity index (χ4v) is 4.00. The number of rotatable bonds is 8. The first-order chi connectivity index (χ1) is 19.0. The van der Waals surface area contributed by atoms with Crippen LogP contribution in [-0.2, 0) is 6.54 Å². The monoisotopic (exact) mass is 517 g/mol. The summed E-state index contributed by atoms with van der Waals surface area (Å²) in [6.07, 6.45) is 4.88. The number of benzene rings is 3. The first-order valence-electron chi connectivity index (χ1n) is 12.5.